The van der Waals surface area contributed by atoms with Gasteiger partial charge in [-0.25, -0.2) is 4.79 Å². The lowest BCUT2D eigenvalue weighted by Gasteiger charge is -2.19. The number of halogens is 3. The summed E-state index contributed by atoms with van der Waals surface area (Å²) in [6.07, 6.45) is -3.99. The number of amides is 4. The van der Waals surface area contributed by atoms with Gasteiger partial charge in [0, 0.05) is 26.7 Å². The van der Waals surface area contributed by atoms with Crippen molar-refractivity contribution in [2.45, 2.75) is 12.6 Å². The van der Waals surface area contributed by atoms with Gasteiger partial charge in [0.05, 0.1) is 17.4 Å². The Bertz CT molecular complexity index is 709. The third-order valence-electron chi connectivity index (χ3n) is 4.87. The number of hydrogen-bond donors (Lipinski definition) is 1. The quantitative estimate of drug-likeness (QED) is 0.821. The number of carbonyl (C=O) groups excluding carboxylic acids is 3. The highest BCUT2D eigenvalue weighted by atomic mass is 19.4. The van der Waals surface area contributed by atoms with Crippen molar-refractivity contribution in [1.29, 1.82) is 0 Å². The molecule has 4 amide bonds. The average molecular weight is 369 g/mol. The Hall–Kier alpha value is -2.58. The van der Waals surface area contributed by atoms with Gasteiger partial charge >= 0.3 is 12.2 Å². The molecule has 0 aromatic heterocycles. The van der Waals surface area contributed by atoms with Crippen LogP contribution in [0.25, 0.3) is 0 Å². The SMILES string of the molecule is CN1C(=O)[C@H]2CN(C(=O)NCCc3ccc(C(F)(F)F)cc3)C[C@H]2C1=O. The zero-order chi connectivity index (χ0) is 19.1. The van der Waals surface area contributed by atoms with Crippen LogP contribution >= 0.6 is 0 Å². The summed E-state index contributed by atoms with van der Waals surface area (Å²) in [7, 11) is 1.44. The Morgan fingerprint density at radius 3 is 2.15 bits per heavy atom. The summed E-state index contributed by atoms with van der Waals surface area (Å²) < 4.78 is 37.5. The fourth-order valence-corrected chi connectivity index (χ4v) is 3.36. The molecule has 9 heteroatoms. The molecule has 0 radical (unpaired) electrons. The number of benzene rings is 1. The fourth-order valence-electron chi connectivity index (χ4n) is 3.36. The number of likely N-dealkylation sites (tertiary alicyclic amines) is 2. The molecule has 2 saturated heterocycles. The molecule has 0 unspecified atom stereocenters. The molecule has 1 aromatic rings. The van der Waals surface area contributed by atoms with Crippen molar-refractivity contribution in [1.82, 2.24) is 15.1 Å². The summed E-state index contributed by atoms with van der Waals surface area (Å²) in [6, 6.07) is 4.39. The first-order valence-electron chi connectivity index (χ1n) is 8.19. The highest BCUT2D eigenvalue weighted by Crippen LogP contribution is 2.32. The summed E-state index contributed by atoms with van der Waals surface area (Å²) in [6.45, 7) is 0.648. The molecule has 0 bridgehead atoms. The number of nitrogens with one attached hydrogen (secondary N) is 1. The van der Waals surface area contributed by atoms with E-state index in [-0.39, 0.29) is 37.5 Å². The minimum absolute atomic E-state index is 0.200. The second-order valence-corrected chi connectivity index (χ2v) is 6.53. The summed E-state index contributed by atoms with van der Waals surface area (Å²) in [5.74, 6) is -1.48. The fraction of sp³-hybridized carbons (Fsp3) is 0.471. The topological polar surface area (TPSA) is 69.7 Å². The van der Waals surface area contributed by atoms with Crippen molar-refractivity contribution < 1.29 is 27.6 Å². The van der Waals surface area contributed by atoms with Gasteiger partial charge in [0.25, 0.3) is 0 Å². The molecule has 2 heterocycles. The molecule has 0 saturated carbocycles. The van der Waals surface area contributed by atoms with Gasteiger partial charge in [0.2, 0.25) is 11.8 Å². The maximum Gasteiger partial charge on any atom is 0.416 e. The molecule has 1 aromatic carbocycles. The minimum atomic E-state index is -4.37. The van der Waals surface area contributed by atoms with E-state index < -0.39 is 23.6 Å². The lowest BCUT2D eigenvalue weighted by Crippen LogP contribution is -2.42. The van der Waals surface area contributed by atoms with E-state index in [0.717, 1.165) is 17.0 Å². The van der Waals surface area contributed by atoms with Crippen LogP contribution in [0.15, 0.2) is 24.3 Å². The second-order valence-electron chi connectivity index (χ2n) is 6.53. The standard InChI is InChI=1S/C17H18F3N3O3/c1-22-14(24)12-8-23(9-13(12)15(22)25)16(26)21-7-6-10-2-4-11(5-3-10)17(18,19)20/h2-5,12-13H,6-9H2,1H3,(H,21,26)/t12-,13+. The van der Waals surface area contributed by atoms with Crippen LogP contribution < -0.4 is 5.32 Å². The Balaban J connectivity index is 1.48. The van der Waals surface area contributed by atoms with Gasteiger partial charge in [0.15, 0.2) is 0 Å². The van der Waals surface area contributed by atoms with Crippen LogP contribution in [0.1, 0.15) is 11.1 Å². The molecule has 2 atom stereocenters. The first kappa shape index (κ1) is 18.2. The lowest BCUT2D eigenvalue weighted by molar-refractivity contribution is -0.139. The number of urea groups is 1. The highest BCUT2D eigenvalue weighted by Gasteiger charge is 2.51. The Labute approximate surface area is 147 Å². The first-order chi connectivity index (χ1) is 12.2. The molecular weight excluding hydrogens is 351 g/mol. The van der Waals surface area contributed by atoms with Crippen molar-refractivity contribution in [2.75, 3.05) is 26.7 Å². The number of carbonyl (C=O) groups is 3. The van der Waals surface area contributed by atoms with E-state index in [1.165, 1.54) is 24.1 Å². The van der Waals surface area contributed by atoms with Crippen molar-refractivity contribution in [3.05, 3.63) is 35.4 Å². The van der Waals surface area contributed by atoms with Crippen LogP contribution in [0.4, 0.5) is 18.0 Å². The molecule has 140 valence electrons. The molecule has 2 aliphatic heterocycles. The maximum atomic E-state index is 12.5. The summed E-state index contributed by atoms with van der Waals surface area (Å²) in [5.41, 5.74) is -0.0447. The van der Waals surface area contributed by atoms with Crippen molar-refractivity contribution in [3.63, 3.8) is 0 Å². The molecule has 2 fully saturated rings. The van der Waals surface area contributed by atoms with E-state index in [1.807, 2.05) is 0 Å². The van der Waals surface area contributed by atoms with E-state index in [4.69, 9.17) is 0 Å². The van der Waals surface area contributed by atoms with Gasteiger partial charge in [-0.05, 0) is 24.1 Å². The Kier molecular flexibility index (Phi) is 4.64. The number of rotatable bonds is 3. The molecule has 1 N–H and O–H groups in total. The van der Waals surface area contributed by atoms with Gasteiger partial charge in [0.1, 0.15) is 0 Å². The monoisotopic (exact) mass is 369 g/mol. The molecule has 26 heavy (non-hydrogen) atoms. The number of fused-ring (bicyclic) bond motifs is 1. The van der Waals surface area contributed by atoms with Crippen LogP contribution in [-0.4, -0.2) is 54.3 Å². The van der Waals surface area contributed by atoms with Gasteiger partial charge in [-0.15, -0.1) is 0 Å². The lowest BCUT2D eigenvalue weighted by atomic mass is 10.00. The second kappa shape index (κ2) is 6.62. The normalized spacial score (nSPS) is 22.8. The summed E-state index contributed by atoms with van der Waals surface area (Å²) in [4.78, 5) is 38.6. The van der Waals surface area contributed by atoms with Crippen LogP contribution in [0.5, 0.6) is 0 Å². The molecule has 6 nitrogen and oxygen atoms in total. The number of imide groups is 1. The summed E-state index contributed by atoms with van der Waals surface area (Å²) in [5, 5.41) is 2.68. The smallest absolute Gasteiger partial charge is 0.338 e. The van der Waals surface area contributed by atoms with Gasteiger partial charge in [-0.3, -0.25) is 14.5 Å². The number of alkyl halides is 3. The van der Waals surface area contributed by atoms with Crippen molar-refractivity contribution in [2.24, 2.45) is 11.8 Å². The van der Waals surface area contributed by atoms with Crippen LogP contribution in [0, 0.1) is 11.8 Å². The van der Waals surface area contributed by atoms with E-state index in [9.17, 15) is 27.6 Å². The van der Waals surface area contributed by atoms with Gasteiger partial charge in [-0.1, -0.05) is 12.1 Å². The third kappa shape index (κ3) is 3.38. The molecule has 2 aliphatic rings. The first-order valence-corrected chi connectivity index (χ1v) is 8.19. The zero-order valence-electron chi connectivity index (χ0n) is 14.0. The van der Waals surface area contributed by atoms with Crippen LogP contribution in [0.3, 0.4) is 0 Å². The summed E-state index contributed by atoms with van der Waals surface area (Å²) >= 11 is 0. The maximum absolute atomic E-state index is 12.5. The van der Waals surface area contributed by atoms with Gasteiger partial charge in [-0.2, -0.15) is 13.2 Å². The average Bonchev–Trinajstić information content (AvgIpc) is 3.11. The zero-order valence-corrected chi connectivity index (χ0v) is 14.0. The third-order valence-corrected chi connectivity index (χ3v) is 4.87. The van der Waals surface area contributed by atoms with E-state index in [0.29, 0.717) is 12.0 Å². The Morgan fingerprint density at radius 2 is 1.65 bits per heavy atom. The minimum Gasteiger partial charge on any atom is -0.338 e. The van der Waals surface area contributed by atoms with E-state index in [2.05, 4.69) is 5.32 Å². The molecule has 0 aliphatic carbocycles. The van der Waals surface area contributed by atoms with E-state index in [1.54, 1.807) is 0 Å². The Morgan fingerprint density at radius 1 is 1.12 bits per heavy atom. The predicted octanol–water partition coefficient (Wildman–Crippen LogP) is 1.50. The molecule has 0 spiro atoms. The predicted molar refractivity (Wildman–Crippen MR) is 84.9 cm³/mol. The largest absolute Gasteiger partial charge is 0.416 e. The molecular formula is C17H18F3N3O3. The van der Waals surface area contributed by atoms with Crippen LogP contribution in [-0.2, 0) is 22.2 Å². The van der Waals surface area contributed by atoms with E-state index >= 15 is 0 Å². The number of hydrogen-bond acceptors (Lipinski definition) is 3. The van der Waals surface area contributed by atoms with Crippen molar-refractivity contribution in [3.8, 4) is 0 Å². The number of nitrogens with zero attached hydrogens (tertiary/aromatic N) is 2. The molecule has 3 rings (SSSR count). The van der Waals surface area contributed by atoms with Gasteiger partial charge < -0.3 is 10.2 Å². The van der Waals surface area contributed by atoms with Crippen molar-refractivity contribution >= 4 is 17.8 Å². The van der Waals surface area contributed by atoms with Crippen LogP contribution in [0.2, 0.25) is 0 Å². The highest BCUT2D eigenvalue weighted by molar-refractivity contribution is 6.06.